The molecule has 0 spiro atoms. The van der Waals surface area contributed by atoms with Crippen molar-refractivity contribution in [2.45, 2.75) is 50.5 Å². The third-order valence-corrected chi connectivity index (χ3v) is 3.75. The third-order valence-electron chi connectivity index (χ3n) is 3.75. The summed E-state index contributed by atoms with van der Waals surface area (Å²) in [5.41, 5.74) is 0.106. The van der Waals surface area contributed by atoms with E-state index in [0.717, 1.165) is 0 Å². The summed E-state index contributed by atoms with van der Waals surface area (Å²) >= 11 is 0. The molecule has 0 radical (unpaired) electrons. The fourth-order valence-corrected chi connectivity index (χ4v) is 2.96. The van der Waals surface area contributed by atoms with Gasteiger partial charge in [0.25, 0.3) is 0 Å². The molecule has 3 nitrogen and oxygen atoms in total. The molecule has 2 rings (SSSR count). The number of oxime groups is 1. The Balaban J connectivity index is 2.08. The molecule has 0 unspecified atom stereocenters. The van der Waals surface area contributed by atoms with Crippen LogP contribution >= 0.6 is 0 Å². The molecule has 1 aliphatic carbocycles. The highest BCUT2D eigenvalue weighted by atomic mass is 16.4. The van der Waals surface area contributed by atoms with Gasteiger partial charge in [-0.2, -0.15) is 0 Å². The second kappa shape index (κ2) is 4.30. The van der Waals surface area contributed by atoms with Gasteiger partial charge in [-0.15, -0.1) is 5.16 Å². The van der Waals surface area contributed by atoms with Crippen LogP contribution in [0.4, 0.5) is 0 Å². The van der Waals surface area contributed by atoms with Crippen LogP contribution in [0.5, 0.6) is 0 Å². The first kappa shape index (κ1) is 9.97. The van der Waals surface area contributed by atoms with E-state index in [9.17, 15) is 0 Å². The summed E-state index contributed by atoms with van der Waals surface area (Å²) in [5, 5.41) is 12.1. The van der Waals surface area contributed by atoms with Gasteiger partial charge in [0.15, 0.2) is 0 Å². The molecule has 0 bridgehead atoms. The molecule has 1 N–H and O–H groups in total. The molecule has 3 heteroatoms. The number of likely N-dealkylation sites (tertiary alicyclic amines) is 1. The van der Waals surface area contributed by atoms with Crippen molar-refractivity contribution in [3.05, 3.63) is 0 Å². The molecule has 1 saturated carbocycles. The number of rotatable bonds is 2. The molecule has 0 atom stereocenters. The van der Waals surface area contributed by atoms with E-state index in [2.05, 4.69) is 10.1 Å². The molecule has 0 amide bonds. The molecule has 1 aliphatic heterocycles. The van der Waals surface area contributed by atoms with Gasteiger partial charge in [0, 0.05) is 0 Å². The summed E-state index contributed by atoms with van der Waals surface area (Å²) in [7, 11) is 0. The first-order valence-corrected chi connectivity index (χ1v) is 5.81. The van der Waals surface area contributed by atoms with Gasteiger partial charge in [-0.05, 0) is 38.8 Å². The van der Waals surface area contributed by atoms with Crippen LogP contribution in [-0.2, 0) is 0 Å². The Morgan fingerprint density at radius 2 is 1.64 bits per heavy atom. The lowest BCUT2D eigenvalue weighted by Gasteiger charge is -2.40. The zero-order valence-corrected chi connectivity index (χ0v) is 8.78. The molecule has 0 aromatic rings. The minimum Gasteiger partial charge on any atom is -0.411 e. The van der Waals surface area contributed by atoms with Crippen LogP contribution < -0.4 is 0 Å². The fraction of sp³-hybridized carbons (Fsp3) is 0.909. The number of nitrogens with zero attached hydrogens (tertiary/aromatic N) is 2. The molecular formula is C11H20N2O. The van der Waals surface area contributed by atoms with E-state index in [4.69, 9.17) is 5.21 Å². The maximum absolute atomic E-state index is 8.77. The summed E-state index contributed by atoms with van der Waals surface area (Å²) in [5.74, 6) is 0. The first-order chi connectivity index (χ1) is 6.87. The van der Waals surface area contributed by atoms with E-state index < -0.39 is 0 Å². The summed E-state index contributed by atoms with van der Waals surface area (Å²) in [6, 6.07) is 0. The van der Waals surface area contributed by atoms with Crippen molar-refractivity contribution in [2.75, 3.05) is 13.1 Å². The standard InChI is InChI=1S/C11H20N2O/c14-12-10-11(6-2-3-7-11)13-8-4-1-5-9-13/h10,14H,1-9H2/b12-10+. The number of hydrogen-bond donors (Lipinski definition) is 1. The van der Waals surface area contributed by atoms with E-state index in [-0.39, 0.29) is 5.54 Å². The zero-order chi connectivity index (χ0) is 9.86. The topological polar surface area (TPSA) is 35.8 Å². The van der Waals surface area contributed by atoms with Crippen LogP contribution in [0.3, 0.4) is 0 Å². The molecular weight excluding hydrogens is 176 g/mol. The summed E-state index contributed by atoms with van der Waals surface area (Å²) in [6.45, 7) is 2.37. The normalized spacial score (nSPS) is 28.6. The van der Waals surface area contributed by atoms with Crippen molar-refractivity contribution in [2.24, 2.45) is 5.16 Å². The maximum atomic E-state index is 8.77. The Morgan fingerprint density at radius 3 is 2.21 bits per heavy atom. The second-order valence-corrected chi connectivity index (χ2v) is 4.60. The average Bonchev–Trinajstić information content (AvgIpc) is 2.70. The van der Waals surface area contributed by atoms with Gasteiger partial charge in [-0.1, -0.05) is 19.3 Å². The monoisotopic (exact) mass is 196 g/mol. The van der Waals surface area contributed by atoms with Crippen molar-refractivity contribution in [1.29, 1.82) is 0 Å². The van der Waals surface area contributed by atoms with Crippen LogP contribution in [0.2, 0.25) is 0 Å². The minimum absolute atomic E-state index is 0.106. The molecule has 2 aliphatic rings. The first-order valence-electron chi connectivity index (χ1n) is 5.81. The van der Waals surface area contributed by atoms with Gasteiger partial charge in [0.2, 0.25) is 0 Å². The van der Waals surface area contributed by atoms with Crippen LogP contribution in [0.15, 0.2) is 5.16 Å². The van der Waals surface area contributed by atoms with Gasteiger partial charge >= 0.3 is 0 Å². The van der Waals surface area contributed by atoms with E-state index in [1.165, 1.54) is 58.0 Å². The molecule has 0 aromatic heterocycles. The van der Waals surface area contributed by atoms with Crippen molar-refractivity contribution >= 4 is 6.21 Å². The van der Waals surface area contributed by atoms with Crippen molar-refractivity contribution in [1.82, 2.24) is 4.90 Å². The lowest BCUT2D eigenvalue weighted by molar-refractivity contribution is 0.124. The van der Waals surface area contributed by atoms with Crippen molar-refractivity contribution < 1.29 is 5.21 Å². The Morgan fingerprint density at radius 1 is 1.00 bits per heavy atom. The second-order valence-electron chi connectivity index (χ2n) is 4.60. The summed E-state index contributed by atoms with van der Waals surface area (Å²) in [6.07, 6.45) is 10.7. The highest BCUT2D eigenvalue weighted by Crippen LogP contribution is 2.35. The Bertz CT molecular complexity index is 203. The van der Waals surface area contributed by atoms with E-state index in [1.807, 2.05) is 0 Å². The number of piperidine rings is 1. The van der Waals surface area contributed by atoms with Crippen LogP contribution in [0, 0.1) is 0 Å². The third kappa shape index (κ3) is 1.78. The van der Waals surface area contributed by atoms with Crippen LogP contribution in [-0.4, -0.2) is 35.0 Å². The zero-order valence-electron chi connectivity index (χ0n) is 8.78. The van der Waals surface area contributed by atoms with Crippen LogP contribution in [0.25, 0.3) is 0 Å². The number of hydrogen-bond acceptors (Lipinski definition) is 3. The van der Waals surface area contributed by atoms with E-state index in [1.54, 1.807) is 6.21 Å². The molecule has 80 valence electrons. The van der Waals surface area contributed by atoms with Crippen molar-refractivity contribution in [3.63, 3.8) is 0 Å². The van der Waals surface area contributed by atoms with Gasteiger partial charge in [0.1, 0.15) is 0 Å². The van der Waals surface area contributed by atoms with Crippen LogP contribution in [0.1, 0.15) is 44.9 Å². The average molecular weight is 196 g/mol. The predicted molar refractivity (Wildman–Crippen MR) is 56.9 cm³/mol. The molecule has 0 aromatic carbocycles. The molecule has 14 heavy (non-hydrogen) atoms. The molecule has 1 heterocycles. The van der Waals surface area contributed by atoms with Crippen molar-refractivity contribution in [3.8, 4) is 0 Å². The van der Waals surface area contributed by atoms with Gasteiger partial charge < -0.3 is 5.21 Å². The quantitative estimate of drug-likeness (QED) is 0.418. The molecule has 1 saturated heterocycles. The van der Waals surface area contributed by atoms with E-state index >= 15 is 0 Å². The lowest BCUT2D eigenvalue weighted by Crippen LogP contribution is -2.50. The predicted octanol–water partition coefficient (Wildman–Crippen LogP) is 2.25. The largest absolute Gasteiger partial charge is 0.411 e. The lowest BCUT2D eigenvalue weighted by atomic mass is 9.94. The smallest absolute Gasteiger partial charge is 0.0639 e. The summed E-state index contributed by atoms with van der Waals surface area (Å²) in [4.78, 5) is 2.53. The SMILES string of the molecule is O/N=C/C1(N2CCCCC2)CCCC1. The molecule has 2 fully saturated rings. The fourth-order valence-electron chi connectivity index (χ4n) is 2.96. The Hall–Kier alpha value is -0.570. The Labute approximate surface area is 85.8 Å². The highest BCUT2D eigenvalue weighted by molar-refractivity contribution is 5.70. The van der Waals surface area contributed by atoms with E-state index in [0.29, 0.717) is 0 Å². The van der Waals surface area contributed by atoms with Gasteiger partial charge in [0.05, 0.1) is 11.8 Å². The Kier molecular flexibility index (Phi) is 3.06. The van der Waals surface area contributed by atoms with Gasteiger partial charge in [-0.25, -0.2) is 0 Å². The van der Waals surface area contributed by atoms with Gasteiger partial charge in [-0.3, -0.25) is 4.90 Å². The maximum Gasteiger partial charge on any atom is 0.0639 e. The summed E-state index contributed by atoms with van der Waals surface area (Å²) < 4.78 is 0. The minimum atomic E-state index is 0.106. The highest BCUT2D eigenvalue weighted by Gasteiger charge is 2.38.